The lowest BCUT2D eigenvalue weighted by atomic mass is 9.91. The molecule has 5 rings (SSSR count). The molecule has 3 atom stereocenters. The molecule has 4 heteroatoms. The van der Waals surface area contributed by atoms with Crippen molar-refractivity contribution in [2.24, 2.45) is 17.8 Å². The van der Waals surface area contributed by atoms with E-state index in [-0.39, 0.29) is 5.97 Å². The van der Waals surface area contributed by atoms with Gasteiger partial charge in [0.05, 0.1) is 6.61 Å². The summed E-state index contributed by atoms with van der Waals surface area (Å²) in [5.74, 6) is 1.85. The third-order valence-electron chi connectivity index (χ3n) is 7.13. The fourth-order valence-electron chi connectivity index (χ4n) is 5.34. The van der Waals surface area contributed by atoms with Gasteiger partial charge in [-0.1, -0.05) is 42.5 Å². The minimum atomic E-state index is -0.202. The van der Waals surface area contributed by atoms with Crippen LogP contribution in [0.1, 0.15) is 26.2 Å². The molecule has 162 valence electrons. The van der Waals surface area contributed by atoms with E-state index in [1.165, 1.54) is 23.3 Å². The number of hydrogen-bond acceptors (Lipinski definition) is 4. The number of fused-ring (bicyclic) bond motifs is 2. The Morgan fingerprint density at radius 2 is 2.06 bits per heavy atom. The summed E-state index contributed by atoms with van der Waals surface area (Å²) in [6, 6.07) is 0.636. The molecule has 2 fully saturated rings. The van der Waals surface area contributed by atoms with Crippen LogP contribution in [-0.2, 0) is 9.53 Å². The minimum Gasteiger partial charge on any atom is -0.463 e. The van der Waals surface area contributed by atoms with Gasteiger partial charge < -0.3 is 15.0 Å². The van der Waals surface area contributed by atoms with Crippen LogP contribution in [0.4, 0.5) is 0 Å². The number of hydrogen-bond donors (Lipinski definition) is 1. The summed E-state index contributed by atoms with van der Waals surface area (Å²) in [6.45, 7) is 5.42. The molecule has 4 nitrogen and oxygen atoms in total. The molecule has 0 spiro atoms. The summed E-state index contributed by atoms with van der Waals surface area (Å²) in [5.41, 5.74) is 4.83. The fourth-order valence-corrected chi connectivity index (χ4v) is 5.34. The van der Waals surface area contributed by atoms with Gasteiger partial charge >= 0.3 is 5.97 Å². The Balaban J connectivity index is 1.13. The molecule has 1 aliphatic heterocycles. The first-order chi connectivity index (χ1) is 15.2. The predicted octanol–water partition coefficient (Wildman–Crippen LogP) is 4.23. The van der Waals surface area contributed by atoms with Crippen LogP contribution in [0.3, 0.4) is 0 Å². The van der Waals surface area contributed by atoms with E-state index in [0.29, 0.717) is 25.0 Å². The highest BCUT2D eigenvalue weighted by Crippen LogP contribution is 2.47. The number of carbonyl (C=O) groups excluding carboxylic acids is 1. The van der Waals surface area contributed by atoms with Gasteiger partial charge in [-0.2, -0.15) is 0 Å². The Kier molecular flexibility index (Phi) is 5.82. The summed E-state index contributed by atoms with van der Waals surface area (Å²) in [6.07, 6.45) is 25.0. The average Bonchev–Trinajstić information content (AvgIpc) is 3.41. The minimum absolute atomic E-state index is 0.202. The van der Waals surface area contributed by atoms with Crippen LogP contribution in [0.15, 0.2) is 83.2 Å². The predicted molar refractivity (Wildman–Crippen MR) is 124 cm³/mol. The van der Waals surface area contributed by atoms with Crippen LogP contribution < -0.4 is 5.32 Å². The first kappa shape index (κ1) is 20.3. The van der Waals surface area contributed by atoms with E-state index in [0.717, 1.165) is 43.5 Å². The molecular weight excluding hydrogens is 384 g/mol. The Labute approximate surface area is 185 Å². The SMILES string of the molecule is CCOC(=O)C1=CC=C(N2CC3C(C2)C3NCC2=CCCC3C=CC=CC3=C2)C=CC1. The molecule has 1 saturated heterocycles. The molecule has 4 aliphatic carbocycles. The van der Waals surface area contributed by atoms with Crippen LogP contribution >= 0.6 is 0 Å². The molecule has 1 saturated carbocycles. The summed E-state index contributed by atoms with van der Waals surface area (Å²) >= 11 is 0. The molecule has 31 heavy (non-hydrogen) atoms. The maximum Gasteiger partial charge on any atom is 0.334 e. The molecule has 0 radical (unpaired) electrons. The zero-order valence-corrected chi connectivity index (χ0v) is 18.3. The van der Waals surface area contributed by atoms with E-state index >= 15 is 0 Å². The number of nitrogens with one attached hydrogen (secondary N) is 1. The summed E-state index contributed by atoms with van der Waals surface area (Å²) in [7, 11) is 0. The highest BCUT2D eigenvalue weighted by molar-refractivity contribution is 5.89. The molecule has 0 amide bonds. The van der Waals surface area contributed by atoms with Crippen molar-refractivity contribution in [2.45, 2.75) is 32.2 Å². The van der Waals surface area contributed by atoms with E-state index in [9.17, 15) is 4.79 Å². The van der Waals surface area contributed by atoms with Crippen molar-refractivity contribution in [3.8, 4) is 0 Å². The lowest BCUT2D eigenvalue weighted by Gasteiger charge is -2.23. The summed E-state index contributed by atoms with van der Waals surface area (Å²) in [5, 5.41) is 3.83. The summed E-state index contributed by atoms with van der Waals surface area (Å²) < 4.78 is 5.14. The van der Waals surface area contributed by atoms with Gasteiger partial charge in [0.1, 0.15) is 0 Å². The number of esters is 1. The third kappa shape index (κ3) is 4.40. The largest absolute Gasteiger partial charge is 0.463 e. The lowest BCUT2D eigenvalue weighted by Crippen LogP contribution is -2.31. The number of nitrogens with zero attached hydrogens (tertiary/aromatic N) is 1. The molecule has 0 aromatic carbocycles. The van der Waals surface area contributed by atoms with Gasteiger partial charge in [0.25, 0.3) is 0 Å². The van der Waals surface area contributed by atoms with Crippen molar-refractivity contribution in [3.63, 3.8) is 0 Å². The molecule has 1 N–H and O–H groups in total. The molecule has 1 heterocycles. The van der Waals surface area contributed by atoms with E-state index < -0.39 is 0 Å². The maximum atomic E-state index is 12.0. The number of carbonyl (C=O) groups is 1. The first-order valence-corrected chi connectivity index (χ1v) is 11.7. The second kappa shape index (κ2) is 8.88. The van der Waals surface area contributed by atoms with Crippen molar-refractivity contribution >= 4 is 5.97 Å². The number of rotatable bonds is 6. The first-order valence-electron chi connectivity index (χ1n) is 11.7. The molecule has 0 aromatic heterocycles. The van der Waals surface area contributed by atoms with Gasteiger partial charge in [-0.15, -0.1) is 0 Å². The van der Waals surface area contributed by atoms with Crippen molar-refractivity contribution in [1.29, 1.82) is 0 Å². The lowest BCUT2D eigenvalue weighted by molar-refractivity contribution is -0.138. The van der Waals surface area contributed by atoms with Crippen LogP contribution in [0, 0.1) is 17.8 Å². The average molecular weight is 417 g/mol. The number of likely N-dealkylation sites (tertiary alicyclic amines) is 1. The molecule has 0 aromatic rings. The van der Waals surface area contributed by atoms with E-state index in [4.69, 9.17) is 4.74 Å². The van der Waals surface area contributed by atoms with Crippen LogP contribution in [-0.4, -0.2) is 43.2 Å². The molecule has 3 unspecified atom stereocenters. The Morgan fingerprint density at radius 1 is 1.19 bits per heavy atom. The Morgan fingerprint density at radius 3 is 2.90 bits per heavy atom. The Hall–Kier alpha value is -2.59. The summed E-state index contributed by atoms with van der Waals surface area (Å²) in [4.78, 5) is 14.5. The van der Waals surface area contributed by atoms with Gasteiger partial charge in [-0.25, -0.2) is 4.79 Å². The molecular formula is C27H32N2O2. The Bertz CT molecular complexity index is 934. The second-order valence-electron chi connectivity index (χ2n) is 9.10. The molecule has 5 aliphatic rings. The van der Waals surface area contributed by atoms with Crippen LogP contribution in [0.25, 0.3) is 0 Å². The highest BCUT2D eigenvalue weighted by Gasteiger charge is 2.55. The quantitative estimate of drug-likeness (QED) is 0.658. The van der Waals surface area contributed by atoms with E-state index in [1.807, 2.05) is 13.0 Å². The van der Waals surface area contributed by atoms with E-state index in [2.05, 4.69) is 64.9 Å². The third-order valence-corrected chi connectivity index (χ3v) is 7.13. The van der Waals surface area contributed by atoms with Gasteiger partial charge in [-0.3, -0.25) is 0 Å². The highest BCUT2D eigenvalue weighted by atomic mass is 16.5. The number of ether oxygens (including phenoxy) is 1. The van der Waals surface area contributed by atoms with Crippen molar-refractivity contribution in [2.75, 3.05) is 26.2 Å². The van der Waals surface area contributed by atoms with Gasteiger partial charge in [0.15, 0.2) is 0 Å². The number of allylic oxidation sites excluding steroid dienone is 10. The van der Waals surface area contributed by atoms with Crippen molar-refractivity contribution < 1.29 is 9.53 Å². The zero-order chi connectivity index (χ0) is 21.2. The van der Waals surface area contributed by atoms with Crippen molar-refractivity contribution in [3.05, 3.63) is 83.2 Å². The van der Waals surface area contributed by atoms with Gasteiger partial charge in [-0.05, 0) is 67.4 Å². The fraction of sp³-hybridized carbons (Fsp3) is 0.444. The van der Waals surface area contributed by atoms with Crippen LogP contribution in [0.5, 0.6) is 0 Å². The topological polar surface area (TPSA) is 41.6 Å². The van der Waals surface area contributed by atoms with Crippen LogP contribution in [0.2, 0.25) is 0 Å². The standard InChI is InChI=1S/C27H32N2O2/c1-2-31-27(30)21-11-6-12-23(14-13-21)29-17-24-25(18-29)26(24)28-16-19-7-5-10-20-8-3-4-9-22(20)15-19/h3-4,6-9,12-15,20,24-26,28H,2,5,10-11,16-18H2,1H3. The monoisotopic (exact) mass is 416 g/mol. The van der Waals surface area contributed by atoms with Crippen molar-refractivity contribution in [1.82, 2.24) is 10.2 Å². The zero-order valence-electron chi connectivity index (χ0n) is 18.3. The van der Waals surface area contributed by atoms with Gasteiger partial charge in [0.2, 0.25) is 0 Å². The van der Waals surface area contributed by atoms with E-state index in [1.54, 1.807) is 0 Å². The second-order valence-corrected chi connectivity index (χ2v) is 9.10. The van der Waals surface area contributed by atoms with Gasteiger partial charge in [0, 0.05) is 42.9 Å². The molecule has 0 bridgehead atoms. The maximum absolute atomic E-state index is 12.0. The number of piperidine rings is 1. The smallest absolute Gasteiger partial charge is 0.334 e. The normalized spacial score (nSPS) is 30.9.